The summed E-state index contributed by atoms with van der Waals surface area (Å²) < 4.78 is 0. The van der Waals surface area contributed by atoms with E-state index in [9.17, 15) is 4.79 Å². The summed E-state index contributed by atoms with van der Waals surface area (Å²) in [6, 6.07) is -0.0186. The van der Waals surface area contributed by atoms with Crippen molar-refractivity contribution >= 4 is 6.03 Å². The number of aliphatic hydroxyl groups excluding tert-OH is 1. The number of amides is 2. The second kappa shape index (κ2) is 5.77. The van der Waals surface area contributed by atoms with Crippen molar-refractivity contribution < 1.29 is 9.90 Å². The zero-order valence-corrected chi connectivity index (χ0v) is 7.75. The van der Waals surface area contributed by atoms with Gasteiger partial charge in [-0.3, -0.25) is 0 Å². The molecule has 2 amide bonds. The summed E-state index contributed by atoms with van der Waals surface area (Å²) in [6.45, 7) is 3.96. The molecule has 0 aromatic rings. The number of nitrogens with one attached hydrogen (secondary N) is 2. The molecular weight excluding hydrogens is 170 g/mol. The van der Waals surface area contributed by atoms with Gasteiger partial charge in [0.15, 0.2) is 0 Å². The van der Waals surface area contributed by atoms with Crippen molar-refractivity contribution in [1.29, 1.82) is 0 Å². The lowest BCUT2D eigenvalue weighted by atomic mass is 10.4. The summed E-state index contributed by atoms with van der Waals surface area (Å²) in [5.74, 6) is 0. The maximum Gasteiger partial charge on any atom is 0.317 e. The van der Waals surface area contributed by atoms with E-state index in [2.05, 4.69) is 10.6 Å². The minimum Gasteiger partial charge on any atom is -0.396 e. The molecule has 0 spiro atoms. The summed E-state index contributed by atoms with van der Waals surface area (Å²) in [4.78, 5) is 13.2. The van der Waals surface area contributed by atoms with Crippen LogP contribution in [0, 0.1) is 0 Å². The summed E-state index contributed by atoms with van der Waals surface area (Å²) in [5, 5.41) is 14.4. The fraction of sp³-hybridized carbons (Fsp3) is 0.875. The van der Waals surface area contributed by atoms with Crippen molar-refractivity contribution in [2.24, 2.45) is 0 Å². The van der Waals surface area contributed by atoms with Crippen LogP contribution in [0.25, 0.3) is 0 Å². The second-order valence-corrected chi connectivity index (χ2v) is 3.05. The Balaban J connectivity index is 2.13. The summed E-state index contributed by atoms with van der Waals surface area (Å²) in [7, 11) is 0. The summed E-state index contributed by atoms with van der Waals surface area (Å²) in [5.41, 5.74) is 0. The van der Waals surface area contributed by atoms with E-state index < -0.39 is 0 Å². The Bertz CT molecular complexity index is 157. The van der Waals surface area contributed by atoms with Gasteiger partial charge in [0.1, 0.15) is 0 Å². The van der Waals surface area contributed by atoms with Crippen LogP contribution in [0.5, 0.6) is 0 Å². The molecule has 1 aliphatic heterocycles. The van der Waals surface area contributed by atoms with Crippen LogP contribution in [0.3, 0.4) is 0 Å². The highest BCUT2D eigenvalue weighted by atomic mass is 16.3. The highest BCUT2D eigenvalue weighted by Crippen LogP contribution is 1.92. The van der Waals surface area contributed by atoms with Gasteiger partial charge in [-0.15, -0.1) is 0 Å². The third-order valence-corrected chi connectivity index (χ3v) is 2.02. The second-order valence-electron chi connectivity index (χ2n) is 3.05. The van der Waals surface area contributed by atoms with Gasteiger partial charge in [-0.25, -0.2) is 4.79 Å². The molecule has 1 rings (SSSR count). The number of aliphatic hydroxyl groups is 1. The predicted octanol–water partition coefficient (Wildman–Crippen LogP) is -1.02. The third-order valence-electron chi connectivity index (χ3n) is 2.02. The molecule has 0 aromatic carbocycles. The number of nitrogens with zero attached hydrogens (tertiary/aromatic N) is 1. The highest BCUT2D eigenvalue weighted by molar-refractivity contribution is 5.74. The van der Waals surface area contributed by atoms with E-state index in [1.165, 1.54) is 0 Å². The number of hydrogen-bond donors (Lipinski definition) is 3. The van der Waals surface area contributed by atoms with Crippen LogP contribution in [0.15, 0.2) is 0 Å². The number of urea groups is 1. The lowest BCUT2D eigenvalue weighted by Crippen LogP contribution is -2.50. The van der Waals surface area contributed by atoms with Gasteiger partial charge in [-0.2, -0.15) is 0 Å². The Morgan fingerprint density at radius 1 is 1.46 bits per heavy atom. The van der Waals surface area contributed by atoms with Crippen LogP contribution in [0.1, 0.15) is 6.42 Å². The van der Waals surface area contributed by atoms with E-state index in [0.29, 0.717) is 13.0 Å². The molecule has 0 atom stereocenters. The molecule has 0 radical (unpaired) electrons. The average Bonchev–Trinajstić information content (AvgIpc) is 2.19. The molecule has 76 valence electrons. The van der Waals surface area contributed by atoms with Gasteiger partial charge in [0.25, 0.3) is 0 Å². The topological polar surface area (TPSA) is 64.6 Å². The summed E-state index contributed by atoms with van der Waals surface area (Å²) >= 11 is 0. The molecule has 1 fully saturated rings. The van der Waals surface area contributed by atoms with Gasteiger partial charge >= 0.3 is 6.03 Å². The van der Waals surface area contributed by atoms with Crippen molar-refractivity contribution in [2.45, 2.75) is 6.42 Å². The van der Waals surface area contributed by atoms with Gasteiger partial charge in [0, 0.05) is 39.3 Å². The first-order valence-corrected chi connectivity index (χ1v) is 4.69. The van der Waals surface area contributed by atoms with Gasteiger partial charge in [-0.1, -0.05) is 0 Å². The zero-order valence-electron chi connectivity index (χ0n) is 7.75. The molecule has 3 N–H and O–H groups in total. The number of carbonyl (C=O) groups excluding carboxylic acids is 1. The fourth-order valence-corrected chi connectivity index (χ4v) is 1.25. The molecule has 5 nitrogen and oxygen atoms in total. The van der Waals surface area contributed by atoms with Crippen LogP contribution in [0.4, 0.5) is 4.79 Å². The SMILES string of the molecule is O=C(NCCCO)N1CCNCC1. The minimum atomic E-state index is -0.0186. The largest absolute Gasteiger partial charge is 0.396 e. The Kier molecular flexibility index (Phi) is 4.56. The molecule has 0 aliphatic carbocycles. The van der Waals surface area contributed by atoms with Crippen LogP contribution in [-0.4, -0.2) is 55.4 Å². The van der Waals surface area contributed by atoms with E-state index in [0.717, 1.165) is 26.2 Å². The van der Waals surface area contributed by atoms with Crippen molar-refractivity contribution in [3.63, 3.8) is 0 Å². The minimum absolute atomic E-state index is 0.0186. The Morgan fingerprint density at radius 2 is 2.15 bits per heavy atom. The van der Waals surface area contributed by atoms with Gasteiger partial charge in [0.05, 0.1) is 0 Å². The lowest BCUT2D eigenvalue weighted by molar-refractivity contribution is 0.189. The van der Waals surface area contributed by atoms with Crippen molar-refractivity contribution in [3.05, 3.63) is 0 Å². The third kappa shape index (κ3) is 3.61. The first-order valence-electron chi connectivity index (χ1n) is 4.69. The number of rotatable bonds is 3. The van der Waals surface area contributed by atoms with Crippen LogP contribution < -0.4 is 10.6 Å². The average molecular weight is 187 g/mol. The van der Waals surface area contributed by atoms with Gasteiger partial charge < -0.3 is 20.6 Å². The van der Waals surface area contributed by atoms with E-state index in [1.807, 2.05) is 0 Å². The highest BCUT2D eigenvalue weighted by Gasteiger charge is 2.14. The number of hydrogen-bond acceptors (Lipinski definition) is 3. The number of carbonyl (C=O) groups is 1. The smallest absolute Gasteiger partial charge is 0.317 e. The van der Waals surface area contributed by atoms with E-state index in [4.69, 9.17) is 5.11 Å². The maximum atomic E-state index is 11.4. The van der Waals surface area contributed by atoms with Crippen molar-refractivity contribution in [1.82, 2.24) is 15.5 Å². The van der Waals surface area contributed by atoms with E-state index >= 15 is 0 Å². The Morgan fingerprint density at radius 3 is 2.77 bits per heavy atom. The van der Waals surface area contributed by atoms with E-state index in [-0.39, 0.29) is 12.6 Å². The lowest BCUT2D eigenvalue weighted by Gasteiger charge is -2.27. The summed E-state index contributed by atoms with van der Waals surface area (Å²) in [6.07, 6.45) is 0.623. The number of piperazine rings is 1. The molecule has 5 heteroatoms. The molecular formula is C8H17N3O2. The normalized spacial score (nSPS) is 17.2. The Hall–Kier alpha value is -0.810. The van der Waals surface area contributed by atoms with Crippen LogP contribution in [0.2, 0.25) is 0 Å². The molecule has 0 unspecified atom stereocenters. The molecule has 1 saturated heterocycles. The molecule has 0 aromatic heterocycles. The van der Waals surface area contributed by atoms with Crippen LogP contribution >= 0.6 is 0 Å². The molecule has 0 saturated carbocycles. The monoisotopic (exact) mass is 187 g/mol. The van der Waals surface area contributed by atoms with Crippen LogP contribution in [-0.2, 0) is 0 Å². The molecule has 1 heterocycles. The first-order chi connectivity index (χ1) is 6.34. The van der Waals surface area contributed by atoms with E-state index in [1.54, 1.807) is 4.90 Å². The van der Waals surface area contributed by atoms with Crippen molar-refractivity contribution in [3.8, 4) is 0 Å². The van der Waals surface area contributed by atoms with Gasteiger partial charge in [-0.05, 0) is 6.42 Å². The molecule has 0 bridgehead atoms. The zero-order chi connectivity index (χ0) is 9.52. The van der Waals surface area contributed by atoms with Gasteiger partial charge in [0.2, 0.25) is 0 Å². The predicted molar refractivity (Wildman–Crippen MR) is 49.5 cm³/mol. The quantitative estimate of drug-likeness (QED) is 0.496. The Labute approximate surface area is 78.1 Å². The maximum absolute atomic E-state index is 11.4. The standard InChI is InChI=1S/C8H17N3O2/c12-7-1-2-10-8(13)11-5-3-9-4-6-11/h9,12H,1-7H2,(H,10,13). The molecule has 13 heavy (non-hydrogen) atoms. The first kappa shape index (κ1) is 10.3. The molecule has 1 aliphatic rings. The van der Waals surface area contributed by atoms with Crippen molar-refractivity contribution in [2.75, 3.05) is 39.3 Å². The fourth-order valence-electron chi connectivity index (χ4n) is 1.25.